The molecule has 0 radical (unpaired) electrons. The predicted octanol–water partition coefficient (Wildman–Crippen LogP) is 1.28. The van der Waals surface area contributed by atoms with Gasteiger partial charge in [0.2, 0.25) is 0 Å². The molecule has 2 aromatic heterocycles. The van der Waals surface area contributed by atoms with Gasteiger partial charge >= 0.3 is 0 Å². The summed E-state index contributed by atoms with van der Waals surface area (Å²) in [4.78, 5) is 8.29. The van der Waals surface area contributed by atoms with Crippen molar-refractivity contribution in [1.29, 1.82) is 0 Å². The second-order valence-electron chi connectivity index (χ2n) is 3.05. The van der Waals surface area contributed by atoms with Crippen molar-refractivity contribution < 1.29 is 0 Å². The lowest BCUT2D eigenvalue weighted by molar-refractivity contribution is 0.915. The summed E-state index contributed by atoms with van der Waals surface area (Å²) < 4.78 is 0. The van der Waals surface area contributed by atoms with E-state index in [4.69, 9.17) is 0 Å². The van der Waals surface area contributed by atoms with E-state index in [1.54, 1.807) is 19.3 Å². The molecule has 0 spiro atoms. The zero-order chi connectivity index (χ0) is 10.7. The lowest BCUT2D eigenvalue weighted by atomic mass is 10.2. The zero-order valence-electron chi connectivity index (χ0n) is 8.60. The minimum atomic E-state index is 0.645. The summed E-state index contributed by atoms with van der Waals surface area (Å²) in [5.41, 5.74) is 1.62. The third kappa shape index (κ3) is 1.90. The lowest BCUT2D eigenvalue weighted by Crippen LogP contribution is -2.02. The Balaban J connectivity index is 2.53. The first-order chi connectivity index (χ1) is 7.31. The monoisotopic (exact) mass is 201 g/mol. The normalized spacial score (nSPS) is 10.0. The Morgan fingerprint density at radius 1 is 1.27 bits per heavy atom. The second kappa shape index (κ2) is 4.00. The van der Waals surface area contributed by atoms with Gasteiger partial charge in [-0.25, -0.2) is 4.98 Å². The van der Waals surface area contributed by atoms with E-state index in [2.05, 4.69) is 25.5 Å². The van der Waals surface area contributed by atoms with Crippen LogP contribution in [0, 0.1) is 6.92 Å². The number of aryl methyl sites for hydroxylation is 1. The summed E-state index contributed by atoms with van der Waals surface area (Å²) >= 11 is 0. The number of pyridine rings is 1. The largest absolute Gasteiger partial charge is 0.371 e. The van der Waals surface area contributed by atoms with Crippen LogP contribution >= 0.6 is 0 Å². The molecule has 5 nitrogen and oxygen atoms in total. The van der Waals surface area contributed by atoms with Crippen molar-refractivity contribution in [3.05, 3.63) is 30.4 Å². The van der Waals surface area contributed by atoms with Crippen molar-refractivity contribution in [3.8, 4) is 11.3 Å². The Morgan fingerprint density at radius 3 is 2.80 bits per heavy atom. The third-order valence-electron chi connectivity index (χ3n) is 1.96. The molecular weight excluding hydrogens is 190 g/mol. The molecule has 0 unspecified atom stereocenters. The number of hydrogen-bond donors (Lipinski definition) is 1. The minimum Gasteiger partial charge on any atom is -0.371 e. The van der Waals surface area contributed by atoms with Gasteiger partial charge in [0.15, 0.2) is 5.82 Å². The maximum Gasteiger partial charge on any atom is 0.156 e. The Bertz CT molecular complexity index is 455. The average Bonchev–Trinajstić information content (AvgIpc) is 2.30. The first-order valence-corrected chi connectivity index (χ1v) is 4.60. The van der Waals surface area contributed by atoms with Crippen LogP contribution in [0.25, 0.3) is 11.3 Å². The minimum absolute atomic E-state index is 0.645. The van der Waals surface area contributed by atoms with Crippen LogP contribution in [0.3, 0.4) is 0 Å². The van der Waals surface area contributed by atoms with E-state index in [0.717, 1.165) is 17.1 Å². The van der Waals surface area contributed by atoms with E-state index >= 15 is 0 Å². The third-order valence-corrected chi connectivity index (χ3v) is 1.96. The topological polar surface area (TPSA) is 63.6 Å². The quantitative estimate of drug-likeness (QED) is 0.793. The molecule has 0 aliphatic carbocycles. The fourth-order valence-electron chi connectivity index (χ4n) is 1.28. The molecule has 2 rings (SSSR count). The fourth-order valence-corrected chi connectivity index (χ4v) is 1.28. The van der Waals surface area contributed by atoms with Crippen LogP contribution < -0.4 is 5.32 Å². The van der Waals surface area contributed by atoms with Crippen molar-refractivity contribution >= 4 is 5.82 Å². The van der Waals surface area contributed by atoms with Gasteiger partial charge in [-0.2, -0.15) is 0 Å². The molecule has 15 heavy (non-hydrogen) atoms. The van der Waals surface area contributed by atoms with Gasteiger partial charge in [0.05, 0.1) is 0 Å². The molecule has 0 aliphatic rings. The maximum absolute atomic E-state index is 4.26. The van der Waals surface area contributed by atoms with Crippen molar-refractivity contribution in [2.75, 3.05) is 12.4 Å². The first kappa shape index (κ1) is 9.51. The number of nitrogens with zero attached hydrogens (tertiary/aromatic N) is 4. The first-order valence-electron chi connectivity index (χ1n) is 4.60. The Morgan fingerprint density at radius 2 is 2.13 bits per heavy atom. The number of hydrogen-bond acceptors (Lipinski definition) is 5. The van der Waals surface area contributed by atoms with Gasteiger partial charge in [0.1, 0.15) is 11.5 Å². The number of aromatic nitrogens is 4. The SMILES string of the molecule is CNc1nc(C)nnc1-c1cccnc1. The summed E-state index contributed by atoms with van der Waals surface area (Å²) in [5.74, 6) is 1.36. The van der Waals surface area contributed by atoms with Gasteiger partial charge in [-0.1, -0.05) is 0 Å². The van der Waals surface area contributed by atoms with Crippen LogP contribution in [0.4, 0.5) is 5.82 Å². The number of anilines is 1. The zero-order valence-corrected chi connectivity index (χ0v) is 8.60. The lowest BCUT2D eigenvalue weighted by Gasteiger charge is -2.05. The van der Waals surface area contributed by atoms with Gasteiger partial charge in [-0.3, -0.25) is 4.98 Å². The molecule has 2 aromatic rings. The summed E-state index contributed by atoms with van der Waals surface area (Å²) in [7, 11) is 1.81. The Labute approximate surface area is 87.6 Å². The molecule has 0 saturated heterocycles. The predicted molar refractivity (Wildman–Crippen MR) is 57.3 cm³/mol. The van der Waals surface area contributed by atoms with Crippen molar-refractivity contribution in [2.45, 2.75) is 6.92 Å². The van der Waals surface area contributed by atoms with E-state index in [1.165, 1.54) is 0 Å². The smallest absolute Gasteiger partial charge is 0.156 e. The molecule has 0 aliphatic heterocycles. The molecule has 0 atom stereocenters. The van der Waals surface area contributed by atoms with Crippen molar-refractivity contribution in [2.24, 2.45) is 0 Å². The molecule has 76 valence electrons. The highest BCUT2D eigenvalue weighted by molar-refractivity contribution is 5.69. The van der Waals surface area contributed by atoms with Crippen LogP contribution in [0.5, 0.6) is 0 Å². The molecule has 0 amide bonds. The van der Waals surface area contributed by atoms with E-state index in [0.29, 0.717) is 5.82 Å². The molecule has 0 saturated carbocycles. The molecule has 0 bridgehead atoms. The highest BCUT2D eigenvalue weighted by Gasteiger charge is 2.08. The standard InChI is InChI=1S/C10H11N5/c1-7-13-10(11-2)9(15-14-7)8-4-3-5-12-6-8/h3-6H,1-2H3,(H,11,13,14). The van der Waals surface area contributed by atoms with Crippen molar-refractivity contribution in [1.82, 2.24) is 20.2 Å². The Hall–Kier alpha value is -2.04. The van der Waals surface area contributed by atoms with Gasteiger partial charge in [0, 0.05) is 25.0 Å². The van der Waals surface area contributed by atoms with E-state index in [1.807, 2.05) is 19.2 Å². The van der Waals surface area contributed by atoms with E-state index in [9.17, 15) is 0 Å². The average molecular weight is 201 g/mol. The molecule has 2 heterocycles. The molecule has 0 fully saturated rings. The van der Waals surface area contributed by atoms with Crippen LogP contribution in [-0.2, 0) is 0 Å². The number of rotatable bonds is 2. The molecule has 1 N–H and O–H groups in total. The van der Waals surface area contributed by atoms with Gasteiger partial charge in [0.25, 0.3) is 0 Å². The number of nitrogens with one attached hydrogen (secondary N) is 1. The summed E-state index contributed by atoms with van der Waals surface area (Å²) in [6.45, 7) is 1.81. The molecular formula is C10H11N5. The van der Waals surface area contributed by atoms with Crippen LogP contribution in [0.15, 0.2) is 24.5 Å². The summed E-state index contributed by atoms with van der Waals surface area (Å²) in [6, 6.07) is 3.78. The van der Waals surface area contributed by atoms with Gasteiger partial charge in [-0.15, -0.1) is 10.2 Å². The van der Waals surface area contributed by atoms with Crippen molar-refractivity contribution in [3.63, 3.8) is 0 Å². The van der Waals surface area contributed by atoms with Crippen LogP contribution in [0.1, 0.15) is 5.82 Å². The molecule has 0 aromatic carbocycles. The Kier molecular flexibility index (Phi) is 2.53. The van der Waals surface area contributed by atoms with Crippen LogP contribution in [-0.4, -0.2) is 27.2 Å². The van der Waals surface area contributed by atoms with Crippen LogP contribution in [0.2, 0.25) is 0 Å². The van der Waals surface area contributed by atoms with E-state index < -0.39 is 0 Å². The summed E-state index contributed by atoms with van der Waals surface area (Å²) in [6.07, 6.45) is 3.46. The molecule has 5 heteroatoms. The summed E-state index contributed by atoms with van der Waals surface area (Å²) in [5, 5.41) is 11.0. The second-order valence-corrected chi connectivity index (χ2v) is 3.05. The fraction of sp³-hybridized carbons (Fsp3) is 0.200. The van der Waals surface area contributed by atoms with Gasteiger partial charge in [-0.05, 0) is 19.1 Å². The van der Waals surface area contributed by atoms with E-state index in [-0.39, 0.29) is 0 Å². The highest BCUT2D eigenvalue weighted by atomic mass is 15.2. The maximum atomic E-state index is 4.26. The van der Waals surface area contributed by atoms with Gasteiger partial charge < -0.3 is 5.32 Å². The highest BCUT2D eigenvalue weighted by Crippen LogP contribution is 2.21.